The predicted octanol–water partition coefficient (Wildman–Crippen LogP) is 2.77. The quantitative estimate of drug-likeness (QED) is 0.751. The van der Waals surface area contributed by atoms with Gasteiger partial charge in [-0.2, -0.15) is 0 Å². The maximum atomic E-state index is 12.9. The number of carboxylic acids is 1. The van der Waals surface area contributed by atoms with Gasteiger partial charge in [-0.3, -0.25) is 0 Å². The Morgan fingerprint density at radius 2 is 1.95 bits per heavy atom. The fourth-order valence-electron chi connectivity index (χ4n) is 2.04. The van der Waals surface area contributed by atoms with Crippen LogP contribution in [0.5, 0.6) is 0 Å². The van der Waals surface area contributed by atoms with E-state index in [0.29, 0.717) is 28.2 Å². The van der Waals surface area contributed by atoms with Crippen molar-refractivity contribution in [1.29, 1.82) is 0 Å². The molecular formula is C14H10FN3O2. The summed E-state index contributed by atoms with van der Waals surface area (Å²) < 4.78 is 12.9. The second kappa shape index (κ2) is 4.41. The van der Waals surface area contributed by atoms with Crippen molar-refractivity contribution in [1.82, 2.24) is 15.0 Å². The Balaban J connectivity index is 2.26. The number of carbonyl (C=O) groups is 1. The van der Waals surface area contributed by atoms with Crippen LogP contribution < -0.4 is 0 Å². The van der Waals surface area contributed by atoms with E-state index in [1.807, 2.05) is 0 Å². The predicted molar refractivity (Wildman–Crippen MR) is 71.0 cm³/mol. The van der Waals surface area contributed by atoms with Crippen molar-refractivity contribution in [2.75, 3.05) is 0 Å². The number of imidazole rings is 1. The van der Waals surface area contributed by atoms with Crippen LogP contribution in [0.15, 0.2) is 30.3 Å². The summed E-state index contributed by atoms with van der Waals surface area (Å²) in [7, 11) is 0. The summed E-state index contributed by atoms with van der Waals surface area (Å²) in [6.07, 6.45) is 0. The highest BCUT2D eigenvalue weighted by molar-refractivity contribution is 6.01. The summed E-state index contributed by atoms with van der Waals surface area (Å²) in [5.74, 6) is -0.834. The van der Waals surface area contributed by atoms with Crippen LogP contribution in [-0.2, 0) is 0 Å². The monoisotopic (exact) mass is 271 g/mol. The summed E-state index contributed by atoms with van der Waals surface area (Å²) in [6, 6.07) is 7.16. The number of pyridine rings is 1. The first-order chi connectivity index (χ1) is 9.54. The number of fused-ring (bicyclic) bond motifs is 1. The van der Waals surface area contributed by atoms with Gasteiger partial charge in [0.25, 0.3) is 0 Å². The zero-order valence-corrected chi connectivity index (χ0v) is 10.5. The summed E-state index contributed by atoms with van der Waals surface area (Å²) in [6.45, 7) is 1.73. The van der Waals surface area contributed by atoms with Crippen LogP contribution in [0.2, 0.25) is 0 Å². The largest absolute Gasteiger partial charge is 0.478 e. The van der Waals surface area contributed by atoms with Gasteiger partial charge < -0.3 is 10.1 Å². The number of hydrogen-bond acceptors (Lipinski definition) is 3. The number of halogens is 1. The van der Waals surface area contributed by atoms with E-state index in [1.165, 1.54) is 18.2 Å². The topological polar surface area (TPSA) is 78.9 Å². The van der Waals surface area contributed by atoms with Crippen molar-refractivity contribution in [2.45, 2.75) is 6.92 Å². The molecule has 0 unspecified atom stereocenters. The molecule has 5 nitrogen and oxygen atoms in total. The minimum absolute atomic E-state index is 0.0925. The van der Waals surface area contributed by atoms with E-state index >= 15 is 0 Å². The Morgan fingerprint density at radius 3 is 2.60 bits per heavy atom. The molecule has 20 heavy (non-hydrogen) atoms. The van der Waals surface area contributed by atoms with Crippen LogP contribution in [0.25, 0.3) is 22.4 Å². The van der Waals surface area contributed by atoms with Gasteiger partial charge in [-0.25, -0.2) is 19.2 Å². The molecule has 2 N–H and O–H groups in total. The normalized spacial score (nSPS) is 10.9. The third-order valence-corrected chi connectivity index (χ3v) is 2.95. The molecule has 0 radical (unpaired) electrons. The van der Waals surface area contributed by atoms with Gasteiger partial charge >= 0.3 is 5.97 Å². The number of aryl methyl sites for hydroxylation is 1. The Morgan fingerprint density at radius 1 is 1.25 bits per heavy atom. The molecule has 3 aromatic rings. The first-order valence-electron chi connectivity index (χ1n) is 5.91. The Labute approximate surface area is 113 Å². The Kier molecular flexibility index (Phi) is 2.71. The molecular weight excluding hydrogens is 261 g/mol. The smallest absolute Gasteiger partial charge is 0.338 e. The van der Waals surface area contributed by atoms with Crippen LogP contribution in [0.3, 0.4) is 0 Å². The zero-order valence-electron chi connectivity index (χ0n) is 10.5. The minimum Gasteiger partial charge on any atom is -0.478 e. The van der Waals surface area contributed by atoms with E-state index < -0.39 is 5.97 Å². The Bertz CT molecular complexity index is 809. The fourth-order valence-corrected chi connectivity index (χ4v) is 2.04. The van der Waals surface area contributed by atoms with Crippen molar-refractivity contribution in [2.24, 2.45) is 0 Å². The SMILES string of the molecule is Cc1nc2nc(-c3ccc(F)cc3)cc(C(=O)O)c2[nH]1. The van der Waals surface area contributed by atoms with E-state index in [-0.39, 0.29) is 11.4 Å². The van der Waals surface area contributed by atoms with Crippen LogP contribution in [0.4, 0.5) is 4.39 Å². The minimum atomic E-state index is -1.07. The van der Waals surface area contributed by atoms with E-state index in [1.54, 1.807) is 19.1 Å². The molecule has 0 aliphatic carbocycles. The van der Waals surface area contributed by atoms with Crippen molar-refractivity contribution in [3.63, 3.8) is 0 Å². The number of aromatic amines is 1. The van der Waals surface area contributed by atoms with Gasteiger partial charge in [0.15, 0.2) is 5.65 Å². The van der Waals surface area contributed by atoms with E-state index in [9.17, 15) is 14.3 Å². The molecule has 0 fully saturated rings. The average Bonchev–Trinajstić information content (AvgIpc) is 2.78. The highest BCUT2D eigenvalue weighted by Gasteiger charge is 2.15. The molecule has 0 aliphatic heterocycles. The van der Waals surface area contributed by atoms with E-state index in [0.717, 1.165) is 0 Å². The molecule has 6 heteroatoms. The summed E-state index contributed by atoms with van der Waals surface area (Å²) in [5, 5.41) is 9.27. The second-order valence-electron chi connectivity index (χ2n) is 4.39. The number of benzene rings is 1. The first kappa shape index (κ1) is 12.3. The van der Waals surface area contributed by atoms with Crippen LogP contribution in [0, 0.1) is 12.7 Å². The molecule has 100 valence electrons. The van der Waals surface area contributed by atoms with Gasteiger partial charge in [0.05, 0.1) is 16.8 Å². The number of nitrogens with zero attached hydrogens (tertiary/aromatic N) is 2. The maximum Gasteiger partial charge on any atom is 0.338 e. The number of H-pyrrole nitrogens is 1. The van der Waals surface area contributed by atoms with E-state index in [4.69, 9.17) is 0 Å². The number of aromatic carboxylic acids is 1. The highest BCUT2D eigenvalue weighted by Crippen LogP contribution is 2.23. The van der Waals surface area contributed by atoms with Crippen molar-refractivity contribution < 1.29 is 14.3 Å². The third-order valence-electron chi connectivity index (χ3n) is 2.95. The average molecular weight is 271 g/mol. The summed E-state index contributed by atoms with van der Waals surface area (Å²) in [5.41, 5.74) is 1.90. The van der Waals surface area contributed by atoms with Gasteiger partial charge in [0.1, 0.15) is 11.6 Å². The lowest BCUT2D eigenvalue weighted by atomic mass is 10.1. The lowest BCUT2D eigenvalue weighted by Crippen LogP contribution is -2.00. The van der Waals surface area contributed by atoms with Crippen LogP contribution >= 0.6 is 0 Å². The van der Waals surface area contributed by atoms with Gasteiger partial charge in [-0.05, 0) is 37.3 Å². The lowest BCUT2D eigenvalue weighted by molar-refractivity contribution is 0.0699. The van der Waals surface area contributed by atoms with Crippen LogP contribution in [-0.4, -0.2) is 26.0 Å². The second-order valence-corrected chi connectivity index (χ2v) is 4.39. The molecule has 0 saturated carbocycles. The molecule has 0 spiro atoms. The number of aromatic nitrogens is 3. The molecule has 0 amide bonds. The van der Waals surface area contributed by atoms with Gasteiger partial charge in [0.2, 0.25) is 0 Å². The number of rotatable bonds is 2. The summed E-state index contributed by atoms with van der Waals surface area (Å²) in [4.78, 5) is 22.7. The Hall–Kier alpha value is -2.76. The first-order valence-corrected chi connectivity index (χ1v) is 5.91. The highest BCUT2D eigenvalue weighted by atomic mass is 19.1. The van der Waals surface area contributed by atoms with Crippen LogP contribution in [0.1, 0.15) is 16.2 Å². The molecule has 2 heterocycles. The number of nitrogens with one attached hydrogen (secondary N) is 1. The van der Waals surface area contributed by atoms with Crippen molar-refractivity contribution in [3.05, 3.63) is 47.5 Å². The van der Waals surface area contributed by atoms with Gasteiger partial charge in [-0.1, -0.05) is 0 Å². The molecule has 2 aromatic heterocycles. The molecule has 0 bridgehead atoms. The van der Waals surface area contributed by atoms with Gasteiger partial charge in [-0.15, -0.1) is 0 Å². The third kappa shape index (κ3) is 2.01. The van der Waals surface area contributed by atoms with E-state index in [2.05, 4.69) is 15.0 Å². The maximum absolute atomic E-state index is 12.9. The molecule has 0 atom stereocenters. The molecule has 1 aromatic carbocycles. The summed E-state index contributed by atoms with van der Waals surface area (Å²) >= 11 is 0. The fraction of sp³-hybridized carbons (Fsp3) is 0.0714. The standard InChI is InChI=1S/C14H10FN3O2/c1-7-16-12-10(14(19)20)6-11(18-13(12)17-7)8-2-4-9(15)5-3-8/h2-6H,1H3,(H,19,20)(H,16,17,18). The number of carboxylic acid groups (broad SMARTS) is 1. The molecule has 0 aliphatic rings. The molecule has 3 rings (SSSR count). The zero-order chi connectivity index (χ0) is 14.3. The number of hydrogen-bond donors (Lipinski definition) is 2. The van der Waals surface area contributed by atoms with Gasteiger partial charge in [0, 0.05) is 5.56 Å². The molecule has 0 saturated heterocycles. The lowest BCUT2D eigenvalue weighted by Gasteiger charge is -2.03. The van der Waals surface area contributed by atoms with Crippen molar-refractivity contribution >= 4 is 17.1 Å². The van der Waals surface area contributed by atoms with Crippen molar-refractivity contribution in [3.8, 4) is 11.3 Å².